The molecular formula is C44H52N4O12. The number of hydroxylamine groups is 8. The Balaban J connectivity index is 0.000000185. The molecule has 0 spiro atoms. The molecule has 4 N–H and O–H groups in total. The van der Waals surface area contributed by atoms with Gasteiger partial charge in [-0.15, -0.1) is 15.2 Å². The van der Waals surface area contributed by atoms with E-state index in [9.17, 15) is 48.8 Å². The summed E-state index contributed by atoms with van der Waals surface area (Å²) >= 11 is 0. The van der Waals surface area contributed by atoms with Crippen molar-refractivity contribution in [1.29, 1.82) is 0 Å². The summed E-state index contributed by atoms with van der Waals surface area (Å²) in [6, 6.07) is 0. The first-order chi connectivity index (χ1) is 27.4. The van der Waals surface area contributed by atoms with E-state index in [-0.39, 0.29) is 20.3 Å². The van der Waals surface area contributed by atoms with E-state index in [1.165, 1.54) is 13.8 Å². The van der Waals surface area contributed by atoms with E-state index in [4.69, 9.17) is 10.4 Å². The van der Waals surface area contributed by atoms with E-state index in [1.54, 1.807) is 41.5 Å². The standard InChI is InChI=1S/C18H19NO3.C12H13NO3.C8H13NO3.C6H7NO3/c1-7-9(3)13-10(4)8(2)12(6)15-16(13)14(11(7)5)17(20)19(22)18(15)21;1-5-6(2)8(4)10-9(7(5)3)11(14)13(16)12(10)15;1-7(2)5(10)9(12)6(11)8(7,3)4;1-3-4(2)6(9)7(10)5(3)8/h22H,1-6H3;16H,1-4H3;12H,1-4H3;10H,1-2H3. The smallest absolute Gasteiger partial charge is 0.278 e. The minimum Gasteiger partial charge on any atom is -0.278 e. The molecule has 0 bridgehead atoms. The molecule has 4 aliphatic rings. The molecule has 0 radical (unpaired) electrons. The maximum Gasteiger partial charge on any atom is 0.285 e. The van der Waals surface area contributed by atoms with Crippen LogP contribution in [-0.2, 0) is 19.2 Å². The van der Waals surface area contributed by atoms with E-state index in [0.717, 1.165) is 61.0 Å². The summed E-state index contributed by atoms with van der Waals surface area (Å²) in [7, 11) is 0. The molecule has 0 unspecified atom stereocenters. The number of amides is 8. The summed E-state index contributed by atoms with van der Waals surface area (Å²) in [6.45, 7) is 28.8. The number of carbonyl (C=O) groups is 8. The van der Waals surface area contributed by atoms with Gasteiger partial charge in [0.25, 0.3) is 47.3 Å². The molecule has 0 saturated carbocycles. The number of nitrogens with zero attached hydrogens (tertiary/aromatic N) is 4. The summed E-state index contributed by atoms with van der Waals surface area (Å²) in [5.74, 6) is -4.82. The average molecular weight is 829 g/mol. The molecule has 16 heteroatoms. The van der Waals surface area contributed by atoms with E-state index in [0.29, 0.717) is 38.8 Å². The first kappa shape index (κ1) is 46.7. The van der Waals surface area contributed by atoms with E-state index in [1.807, 2.05) is 55.4 Å². The molecule has 0 aromatic heterocycles. The summed E-state index contributed by atoms with van der Waals surface area (Å²) in [4.78, 5) is 92.4. The molecule has 1 fully saturated rings. The fourth-order valence-corrected chi connectivity index (χ4v) is 7.60. The van der Waals surface area contributed by atoms with Gasteiger partial charge in [-0.2, -0.15) is 5.06 Å². The average Bonchev–Trinajstić information content (AvgIpc) is 3.57. The summed E-state index contributed by atoms with van der Waals surface area (Å²) in [6.07, 6.45) is 0. The highest BCUT2D eigenvalue weighted by Gasteiger charge is 2.59. The molecule has 8 amide bonds. The first-order valence-corrected chi connectivity index (χ1v) is 19.0. The maximum absolute atomic E-state index is 12.5. The molecule has 3 aromatic rings. The Morgan fingerprint density at radius 2 is 0.533 bits per heavy atom. The lowest BCUT2D eigenvalue weighted by atomic mass is 9.70. The second-order valence-corrected chi connectivity index (χ2v) is 16.7. The van der Waals surface area contributed by atoms with Gasteiger partial charge in [0.15, 0.2) is 0 Å². The van der Waals surface area contributed by atoms with Crippen molar-refractivity contribution in [1.82, 2.24) is 20.3 Å². The molecule has 0 atom stereocenters. The zero-order valence-corrected chi connectivity index (χ0v) is 36.8. The van der Waals surface area contributed by atoms with Crippen LogP contribution in [0.1, 0.15) is 139 Å². The fourth-order valence-electron chi connectivity index (χ4n) is 7.60. The fraction of sp³-hybridized carbons (Fsp3) is 0.409. The van der Waals surface area contributed by atoms with Crippen LogP contribution in [-0.4, -0.2) is 88.3 Å². The van der Waals surface area contributed by atoms with Crippen molar-refractivity contribution in [3.8, 4) is 0 Å². The quantitative estimate of drug-likeness (QED) is 0.141. The van der Waals surface area contributed by atoms with Gasteiger partial charge in [0.05, 0.1) is 33.1 Å². The summed E-state index contributed by atoms with van der Waals surface area (Å²) in [5.41, 5.74) is 9.96. The number of imide groups is 4. The molecule has 3 aromatic carbocycles. The highest BCUT2D eigenvalue weighted by molar-refractivity contribution is 6.27. The summed E-state index contributed by atoms with van der Waals surface area (Å²) in [5, 5.41) is 39.5. The third-order valence-electron chi connectivity index (χ3n) is 13.4. The Bertz CT molecular complexity index is 2410. The normalized spacial score (nSPS) is 17.7. The second kappa shape index (κ2) is 15.6. The van der Waals surface area contributed by atoms with Gasteiger partial charge in [0.2, 0.25) is 0 Å². The van der Waals surface area contributed by atoms with Gasteiger partial charge < -0.3 is 0 Å². The zero-order valence-electron chi connectivity index (χ0n) is 36.8. The Morgan fingerprint density at radius 3 is 0.767 bits per heavy atom. The van der Waals surface area contributed by atoms with Crippen LogP contribution in [0.5, 0.6) is 0 Å². The highest BCUT2D eigenvalue weighted by atomic mass is 16.5. The zero-order chi connectivity index (χ0) is 46.3. The largest absolute Gasteiger partial charge is 0.285 e. The lowest BCUT2D eigenvalue weighted by Crippen LogP contribution is -2.39. The number of aryl methyl sites for hydroxylation is 2. The third-order valence-corrected chi connectivity index (χ3v) is 13.4. The van der Waals surface area contributed by atoms with Crippen LogP contribution < -0.4 is 0 Å². The van der Waals surface area contributed by atoms with Gasteiger partial charge >= 0.3 is 0 Å². The van der Waals surface area contributed by atoms with Crippen molar-refractivity contribution in [3.63, 3.8) is 0 Å². The van der Waals surface area contributed by atoms with E-state index in [2.05, 4.69) is 0 Å². The number of rotatable bonds is 0. The van der Waals surface area contributed by atoms with E-state index < -0.39 is 58.1 Å². The van der Waals surface area contributed by atoms with Crippen molar-refractivity contribution in [2.45, 2.75) is 111 Å². The monoisotopic (exact) mass is 828 g/mol. The summed E-state index contributed by atoms with van der Waals surface area (Å²) < 4.78 is 0. The predicted octanol–water partition coefficient (Wildman–Crippen LogP) is 6.46. The maximum atomic E-state index is 12.5. The molecule has 16 nitrogen and oxygen atoms in total. The molecule has 7 rings (SSSR count). The molecule has 4 heterocycles. The van der Waals surface area contributed by atoms with Crippen molar-refractivity contribution < 1.29 is 59.2 Å². The van der Waals surface area contributed by atoms with E-state index >= 15 is 0 Å². The minimum absolute atomic E-state index is 0.130. The molecule has 320 valence electrons. The second-order valence-electron chi connectivity index (χ2n) is 16.7. The van der Waals surface area contributed by atoms with Crippen LogP contribution in [0, 0.1) is 80.1 Å². The van der Waals surface area contributed by atoms with Crippen LogP contribution in [0.4, 0.5) is 0 Å². The molecular weight excluding hydrogens is 776 g/mol. The highest BCUT2D eigenvalue weighted by Crippen LogP contribution is 2.46. The van der Waals surface area contributed by atoms with Crippen LogP contribution >= 0.6 is 0 Å². The van der Waals surface area contributed by atoms with Crippen LogP contribution in [0.3, 0.4) is 0 Å². The van der Waals surface area contributed by atoms with Crippen molar-refractivity contribution in [2.24, 2.45) is 10.8 Å². The SMILES string of the molecule is CC1(C)C(=O)N(O)C(=O)C1(C)C.CC1=C(C)C(=O)N(O)C1=O.Cc1c(C)c(C)c2c(c1C)C(=O)N(O)C2=O.Cc1c(C)c2c3c(c(C)c(C)c(C)c3c1C)C(=O)N(O)C2=O. The van der Waals surface area contributed by atoms with Gasteiger partial charge in [-0.1, -0.05) is 0 Å². The number of fused-ring (bicyclic) bond motifs is 1. The predicted molar refractivity (Wildman–Crippen MR) is 216 cm³/mol. The number of hydrogen-bond acceptors (Lipinski definition) is 12. The van der Waals surface area contributed by atoms with Gasteiger partial charge in [-0.25, -0.2) is 0 Å². The number of benzene rings is 3. The Hall–Kier alpha value is -5.94. The van der Waals surface area contributed by atoms with Gasteiger partial charge in [0, 0.05) is 16.5 Å². The number of hydrogen-bond donors (Lipinski definition) is 4. The molecule has 1 saturated heterocycles. The Morgan fingerprint density at radius 1 is 0.300 bits per heavy atom. The van der Waals surface area contributed by atoms with Crippen molar-refractivity contribution >= 4 is 58.0 Å². The first-order valence-electron chi connectivity index (χ1n) is 19.0. The third kappa shape index (κ3) is 6.63. The van der Waals surface area contributed by atoms with Crippen LogP contribution in [0.2, 0.25) is 0 Å². The number of carbonyl (C=O) groups excluding carboxylic acids is 8. The molecule has 60 heavy (non-hydrogen) atoms. The lowest BCUT2D eigenvalue weighted by molar-refractivity contribution is -0.174. The van der Waals surface area contributed by atoms with Crippen LogP contribution in [0.25, 0.3) is 10.8 Å². The van der Waals surface area contributed by atoms with Gasteiger partial charge in [-0.05, 0) is 172 Å². The van der Waals surface area contributed by atoms with Crippen molar-refractivity contribution in [2.75, 3.05) is 0 Å². The molecule has 4 aliphatic heterocycles. The van der Waals surface area contributed by atoms with Crippen molar-refractivity contribution in [3.05, 3.63) is 89.0 Å². The Kier molecular flexibility index (Phi) is 12.1. The van der Waals surface area contributed by atoms with Gasteiger partial charge in [0.1, 0.15) is 0 Å². The topological polar surface area (TPSA) is 230 Å². The molecule has 0 aliphatic carbocycles. The minimum atomic E-state index is -0.821. The van der Waals surface area contributed by atoms with Gasteiger partial charge in [-0.3, -0.25) is 59.2 Å². The van der Waals surface area contributed by atoms with Crippen LogP contribution in [0.15, 0.2) is 11.1 Å². The lowest BCUT2D eigenvalue weighted by Gasteiger charge is -2.28. The Labute approximate surface area is 347 Å².